The number of nitrogens with zero attached hydrogens (tertiary/aromatic N) is 3. The number of ether oxygens (including phenoxy) is 1. The number of methoxy groups -OCH3 is 1. The Morgan fingerprint density at radius 3 is 2.71 bits per heavy atom. The molecule has 9 heteroatoms. The van der Waals surface area contributed by atoms with E-state index in [0.717, 1.165) is 31.0 Å². The lowest BCUT2D eigenvalue weighted by Crippen LogP contribution is -2.34. The van der Waals surface area contributed by atoms with Crippen molar-refractivity contribution < 1.29 is 18.3 Å². The second-order valence-corrected chi connectivity index (χ2v) is 8.53. The largest absolute Gasteiger partial charge is 0.494 e. The SMILES string of the molecule is COc1cc(-c2cc(F)ccc2F)cc2c(NC3CCCC3C(N)=O)nc(-c3cccnc3)nc12. The van der Waals surface area contributed by atoms with Crippen molar-refractivity contribution in [1.82, 2.24) is 15.0 Å². The summed E-state index contributed by atoms with van der Waals surface area (Å²) in [5.74, 6) is -0.612. The molecule has 178 valence electrons. The molecule has 35 heavy (non-hydrogen) atoms. The normalized spacial score (nSPS) is 17.5. The van der Waals surface area contributed by atoms with Gasteiger partial charge in [-0.2, -0.15) is 0 Å². The minimum absolute atomic E-state index is 0.0864. The van der Waals surface area contributed by atoms with Crippen molar-refractivity contribution in [3.8, 4) is 28.3 Å². The van der Waals surface area contributed by atoms with Crippen molar-refractivity contribution in [2.24, 2.45) is 11.7 Å². The number of pyridine rings is 1. The molecule has 1 amide bonds. The Bertz CT molecular complexity index is 1410. The van der Waals surface area contributed by atoms with E-state index in [-0.39, 0.29) is 23.4 Å². The molecular formula is C26H23F2N5O2. The molecule has 0 saturated heterocycles. The Morgan fingerprint density at radius 2 is 1.97 bits per heavy atom. The van der Waals surface area contributed by atoms with Crippen LogP contribution in [-0.2, 0) is 4.79 Å². The van der Waals surface area contributed by atoms with Crippen LogP contribution < -0.4 is 15.8 Å². The van der Waals surface area contributed by atoms with E-state index in [9.17, 15) is 13.6 Å². The lowest BCUT2D eigenvalue weighted by Gasteiger charge is -2.21. The molecule has 0 radical (unpaired) electrons. The Morgan fingerprint density at radius 1 is 1.11 bits per heavy atom. The van der Waals surface area contributed by atoms with Gasteiger partial charge in [0.15, 0.2) is 5.82 Å². The maximum absolute atomic E-state index is 14.6. The summed E-state index contributed by atoms with van der Waals surface area (Å²) in [4.78, 5) is 25.6. The molecule has 0 spiro atoms. The fraction of sp³-hybridized carbons (Fsp3) is 0.231. The van der Waals surface area contributed by atoms with Gasteiger partial charge in [0.2, 0.25) is 5.91 Å². The summed E-state index contributed by atoms with van der Waals surface area (Å²) < 4.78 is 34.2. The van der Waals surface area contributed by atoms with Gasteiger partial charge < -0.3 is 15.8 Å². The molecule has 3 N–H and O–H groups in total. The van der Waals surface area contributed by atoms with Crippen molar-refractivity contribution in [1.29, 1.82) is 0 Å². The minimum Gasteiger partial charge on any atom is -0.494 e. The number of hydrogen-bond donors (Lipinski definition) is 2. The average molecular weight is 475 g/mol. The number of anilines is 1. The minimum atomic E-state index is -0.570. The van der Waals surface area contributed by atoms with Crippen molar-refractivity contribution in [2.45, 2.75) is 25.3 Å². The molecule has 2 atom stereocenters. The number of primary amides is 1. The molecule has 2 aromatic heterocycles. The highest BCUT2D eigenvalue weighted by molar-refractivity contribution is 5.98. The number of carbonyl (C=O) groups is 1. The van der Waals surface area contributed by atoms with Gasteiger partial charge in [-0.1, -0.05) is 6.42 Å². The molecular weight excluding hydrogens is 452 g/mol. The zero-order valence-electron chi connectivity index (χ0n) is 19.0. The van der Waals surface area contributed by atoms with Crippen LogP contribution in [0.3, 0.4) is 0 Å². The zero-order chi connectivity index (χ0) is 24.5. The first-order valence-corrected chi connectivity index (χ1v) is 11.3. The molecule has 0 bridgehead atoms. The van der Waals surface area contributed by atoms with E-state index in [2.05, 4.69) is 10.3 Å². The molecule has 1 aliphatic rings. The van der Waals surface area contributed by atoms with E-state index in [1.807, 2.05) is 6.07 Å². The van der Waals surface area contributed by atoms with Crippen LogP contribution in [0.2, 0.25) is 0 Å². The number of aromatic nitrogens is 3. The summed E-state index contributed by atoms with van der Waals surface area (Å²) in [5, 5.41) is 3.93. The highest BCUT2D eigenvalue weighted by atomic mass is 19.1. The first-order valence-electron chi connectivity index (χ1n) is 11.3. The van der Waals surface area contributed by atoms with E-state index in [0.29, 0.717) is 45.8 Å². The van der Waals surface area contributed by atoms with Gasteiger partial charge in [0.05, 0.1) is 13.0 Å². The number of benzene rings is 2. The second kappa shape index (κ2) is 9.25. The van der Waals surface area contributed by atoms with Gasteiger partial charge >= 0.3 is 0 Å². The third-order valence-corrected chi connectivity index (χ3v) is 6.35. The average Bonchev–Trinajstić information content (AvgIpc) is 3.34. The van der Waals surface area contributed by atoms with Crippen LogP contribution in [0.15, 0.2) is 54.9 Å². The van der Waals surface area contributed by atoms with E-state index in [1.165, 1.54) is 7.11 Å². The molecule has 1 fully saturated rings. The Labute approximate surface area is 200 Å². The summed E-state index contributed by atoms with van der Waals surface area (Å²) in [6, 6.07) is 9.99. The first kappa shape index (κ1) is 22.6. The van der Waals surface area contributed by atoms with Crippen molar-refractivity contribution in [3.05, 3.63) is 66.5 Å². The zero-order valence-corrected chi connectivity index (χ0v) is 19.0. The molecule has 1 aliphatic carbocycles. The number of nitrogens with two attached hydrogens (primary N) is 1. The van der Waals surface area contributed by atoms with Gasteiger partial charge in [-0.25, -0.2) is 18.7 Å². The van der Waals surface area contributed by atoms with Gasteiger partial charge in [-0.3, -0.25) is 9.78 Å². The summed E-state index contributed by atoms with van der Waals surface area (Å²) >= 11 is 0. The monoisotopic (exact) mass is 475 g/mol. The molecule has 1 saturated carbocycles. The molecule has 2 heterocycles. The predicted molar refractivity (Wildman–Crippen MR) is 129 cm³/mol. The molecule has 2 unspecified atom stereocenters. The number of halogens is 2. The maximum atomic E-state index is 14.6. The first-order chi connectivity index (χ1) is 16.9. The lowest BCUT2D eigenvalue weighted by molar-refractivity contribution is -0.121. The van der Waals surface area contributed by atoms with Gasteiger partial charge in [0, 0.05) is 34.9 Å². The van der Waals surface area contributed by atoms with E-state index in [4.69, 9.17) is 20.4 Å². The molecule has 4 aromatic rings. The number of rotatable bonds is 6. The summed E-state index contributed by atoms with van der Waals surface area (Å²) in [5.41, 5.74) is 7.31. The maximum Gasteiger partial charge on any atom is 0.222 e. The fourth-order valence-electron chi connectivity index (χ4n) is 4.61. The van der Waals surface area contributed by atoms with Gasteiger partial charge in [0.25, 0.3) is 0 Å². The Hall–Kier alpha value is -4.14. The van der Waals surface area contributed by atoms with Crippen molar-refractivity contribution >= 4 is 22.6 Å². The van der Waals surface area contributed by atoms with Gasteiger partial charge in [0.1, 0.15) is 28.7 Å². The number of amides is 1. The van der Waals surface area contributed by atoms with Crippen LogP contribution in [0.25, 0.3) is 33.4 Å². The summed E-state index contributed by atoms with van der Waals surface area (Å²) in [7, 11) is 1.49. The van der Waals surface area contributed by atoms with Crippen LogP contribution in [0.5, 0.6) is 5.75 Å². The number of hydrogen-bond acceptors (Lipinski definition) is 6. The van der Waals surface area contributed by atoms with Crippen LogP contribution in [-0.4, -0.2) is 34.0 Å². The van der Waals surface area contributed by atoms with Gasteiger partial charge in [-0.15, -0.1) is 0 Å². The third kappa shape index (κ3) is 4.37. The molecule has 2 aromatic carbocycles. The fourth-order valence-corrected chi connectivity index (χ4v) is 4.61. The van der Waals surface area contributed by atoms with Crippen LogP contribution in [0, 0.1) is 17.6 Å². The van der Waals surface area contributed by atoms with E-state index in [1.54, 1.807) is 30.6 Å². The smallest absolute Gasteiger partial charge is 0.222 e. The molecule has 7 nitrogen and oxygen atoms in total. The quantitative estimate of drug-likeness (QED) is 0.419. The van der Waals surface area contributed by atoms with Crippen LogP contribution in [0.1, 0.15) is 19.3 Å². The third-order valence-electron chi connectivity index (χ3n) is 6.35. The highest BCUT2D eigenvalue weighted by Gasteiger charge is 2.32. The van der Waals surface area contributed by atoms with E-state index < -0.39 is 11.6 Å². The number of carbonyl (C=O) groups excluding carboxylic acids is 1. The predicted octanol–water partition coefficient (Wildman–Crippen LogP) is 4.71. The second-order valence-electron chi connectivity index (χ2n) is 8.53. The Kier molecular flexibility index (Phi) is 5.98. The molecule has 5 rings (SSSR count). The topological polar surface area (TPSA) is 103 Å². The van der Waals surface area contributed by atoms with Crippen molar-refractivity contribution in [2.75, 3.05) is 12.4 Å². The lowest BCUT2D eigenvalue weighted by atomic mass is 10.0. The molecule has 0 aliphatic heterocycles. The van der Waals surface area contributed by atoms with Crippen LogP contribution >= 0.6 is 0 Å². The van der Waals surface area contributed by atoms with Gasteiger partial charge in [-0.05, 0) is 60.9 Å². The highest BCUT2D eigenvalue weighted by Crippen LogP contribution is 2.38. The number of fused-ring (bicyclic) bond motifs is 1. The Balaban J connectivity index is 1.73. The number of nitrogens with one attached hydrogen (secondary N) is 1. The van der Waals surface area contributed by atoms with E-state index >= 15 is 0 Å². The standard InChI is InChI=1S/C26H23F2N5O2/c1-35-22-11-15(18-12-16(27)7-8-20(18)28)10-19-23(22)32-25(14-4-3-9-30-13-14)33-26(19)31-21-6-2-5-17(21)24(29)34/h3-4,7-13,17,21H,2,5-6H2,1H3,(H2,29,34)(H,31,32,33). The summed E-state index contributed by atoms with van der Waals surface area (Å²) in [6.07, 6.45) is 5.59. The summed E-state index contributed by atoms with van der Waals surface area (Å²) in [6.45, 7) is 0. The van der Waals surface area contributed by atoms with Crippen LogP contribution in [0.4, 0.5) is 14.6 Å². The van der Waals surface area contributed by atoms with Crippen molar-refractivity contribution in [3.63, 3.8) is 0 Å².